The normalized spacial score (nSPS) is 12.2. The lowest BCUT2D eigenvalue weighted by molar-refractivity contribution is -0.137. The number of nitrogens with one attached hydrogen (secondary N) is 1. The lowest BCUT2D eigenvalue weighted by Gasteiger charge is -2.17. The van der Waals surface area contributed by atoms with Crippen LogP contribution in [0.15, 0.2) is 22.7 Å². The van der Waals surface area contributed by atoms with Crippen molar-refractivity contribution < 1.29 is 23.6 Å². The summed E-state index contributed by atoms with van der Waals surface area (Å²) in [6.45, 7) is 3.84. The van der Waals surface area contributed by atoms with Gasteiger partial charge in [-0.3, -0.25) is 9.59 Å². The van der Waals surface area contributed by atoms with Crippen LogP contribution in [0, 0.1) is 5.82 Å². The monoisotopic (exact) mass is 383 g/mol. The van der Waals surface area contributed by atoms with Crippen molar-refractivity contribution >= 4 is 23.5 Å². The molecule has 1 aromatic carbocycles. The molecule has 2 rings (SSSR count). The standard InChI is InChI=1S/C17H19ClFN3O4/c1-9(2)17-21-15(26-22-17)6-5-14(23)20-13(8-16(24)25)10-3-4-11(18)12(19)7-10/h3-4,7,9,13H,5-6,8H2,1-2H3,(H,20,23)(H,24,25). The summed E-state index contributed by atoms with van der Waals surface area (Å²) < 4.78 is 18.7. The summed E-state index contributed by atoms with van der Waals surface area (Å²) >= 11 is 5.64. The number of rotatable bonds is 8. The van der Waals surface area contributed by atoms with Crippen molar-refractivity contribution in [2.75, 3.05) is 0 Å². The van der Waals surface area contributed by atoms with Crippen LogP contribution in [0.2, 0.25) is 5.02 Å². The van der Waals surface area contributed by atoms with Gasteiger partial charge in [-0.25, -0.2) is 4.39 Å². The van der Waals surface area contributed by atoms with E-state index in [9.17, 15) is 14.0 Å². The molecule has 0 fully saturated rings. The molecule has 7 nitrogen and oxygen atoms in total. The van der Waals surface area contributed by atoms with Crippen LogP contribution in [0.3, 0.4) is 0 Å². The van der Waals surface area contributed by atoms with Crippen molar-refractivity contribution in [2.24, 2.45) is 0 Å². The molecule has 140 valence electrons. The molecule has 0 aliphatic carbocycles. The van der Waals surface area contributed by atoms with E-state index in [0.717, 1.165) is 6.07 Å². The smallest absolute Gasteiger partial charge is 0.305 e. The minimum atomic E-state index is -1.12. The zero-order valence-corrected chi connectivity index (χ0v) is 15.1. The van der Waals surface area contributed by atoms with Gasteiger partial charge in [-0.15, -0.1) is 0 Å². The second-order valence-corrected chi connectivity index (χ2v) is 6.50. The number of benzene rings is 1. The maximum absolute atomic E-state index is 13.6. The number of halogens is 2. The number of hydrogen-bond donors (Lipinski definition) is 2. The van der Waals surface area contributed by atoms with Crippen LogP contribution in [-0.2, 0) is 16.0 Å². The molecule has 1 amide bonds. The average molecular weight is 384 g/mol. The predicted octanol–water partition coefficient (Wildman–Crippen LogP) is 3.25. The van der Waals surface area contributed by atoms with Crippen molar-refractivity contribution in [2.45, 2.75) is 45.1 Å². The van der Waals surface area contributed by atoms with Gasteiger partial charge in [-0.2, -0.15) is 4.98 Å². The lowest BCUT2D eigenvalue weighted by Crippen LogP contribution is -2.30. The predicted molar refractivity (Wildman–Crippen MR) is 91.3 cm³/mol. The van der Waals surface area contributed by atoms with Gasteiger partial charge < -0.3 is 14.9 Å². The van der Waals surface area contributed by atoms with Gasteiger partial charge in [0.25, 0.3) is 0 Å². The SMILES string of the molecule is CC(C)c1noc(CCC(=O)NC(CC(=O)O)c2ccc(Cl)c(F)c2)n1. The number of aliphatic carboxylic acids is 1. The highest BCUT2D eigenvalue weighted by atomic mass is 35.5. The molecule has 1 aromatic heterocycles. The van der Waals surface area contributed by atoms with E-state index in [0.29, 0.717) is 17.3 Å². The topological polar surface area (TPSA) is 105 Å². The molecule has 26 heavy (non-hydrogen) atoms. The molecule has 0 saturated heterocycles. The van der Waals surface area contributed by atoms with E-state index in [2.05, 4.69) is 15.5 Å². The van der Waals surface area contributed by atoms with Gasteiger partial charge in [0.2, 0.25) is 11.8 Å². The first-order valence-corrected chi connectivity index (χ1v) is 8.42. The molecule has 1 unspecified atom stereocenters. The van der Waals surface area contributed by atoms with Crippen molar-refractivity contribution in [3.63, 3.8) is 0 Å². The van der Waals surface area contributed by atoms with Gasteiger partial charge >= 0.3 is 5.97 Å². The van der Waals surface area contributed by atoms with Crippen LogP contribution in [0.4, 0.5) is 4.39 Å². The molecule has 0 saturated carbocycles. The number of aromatic nitrogens is 2. The van der Waals surface area contributed by atoms with E-state index >= 15 is 0 Å². The summed E-state index contributed by atoms with van der Waals surface area (Å²) in [5, 5.41) is 15.4. The second-order valence-electron chi connectivity index (χ2n) is 6.09. The highest BCUT2D eigenvalue weighted by Gasteiger charge is 2.20. The highest BCUT2D eigenvalue weighted by molar-refractivity contribution is 6.30. The Morgan fingerprint density at radius 3 is 2.69 bits per heavy atom. The molecule has 0 radical (unpaired) electrons. The van der Waals surface area contributed by atoms with Crippen molar-refractivity contribution in [3.05, 3.63) is 46.3 Å². The average Bonchev–Trinajstić information content (AvgIpc) is 3.04. The van der Waals surface area contributed by atoms with Crippen LogP contribution in [0.1, 0.15) is 55.9 Å². The van der Waals surface area contributed by atoms with Crippen LogP contribution >= 0.6 is 11.6 Å². The van der Waals surface area contributed by atoms with Gasteiger partial charge in [0.15, 0.2) is 5.82 Å². The first-order valence-electron chi connectivity index (χ1n) is 8.05. The van der Waals surface area contributed by atoms with Gasteiger partial charge in [0, 0.05) is 18.8 Å². The number of hydrogen-bond acceptors (Lipinski definition) is 5. The summed E-state index contributed by atoms with van der Waals surface area (Å²) in [6.07, 6.45) is -0.128. The van der Waals surface area contributed by atoms with Crippen LogP contribution < -0.4 is 5.32 Å². The maximum atomic E-state index is 13.6. The number of carboxylic acids is 1. The summed E-state index contributed by atoms with van der Waals surface area (Å²) in [7, 11) is 0. The van der Waals surface area contributed by atoms with Gasteiger partial charge in [0.1, 0.15) is 5.82 Å². The summed E-state index contributed by atoms with van der Waals surface area (Å²) in [6, 6.07) is 3.04. The fourth-order valence-corrected chi connectivity index (χ4v) is 2.36. The van der Waals surface area contributed by atoms with Crippen LogP contribution in [0.5, 0.6) is 0 Å². The molecule has 0 aliphatic rings. The Hall–Kier alpha value is -2.48. The molecule has 1 heterocycles. The van der Waals surface area contributed by atoms with E-state index < -0.39 is 23.7 Å². The summed E-state index contributed by atoms with van der Waals surface area (Å²) in [5.41, 5.74) is 0.322. The molecule has 0 spiro atoms. The Morgan fingerprint density at radius 1 is 1.38 bits per heavy atom. The number of amides is 1. The van der Waals surface area contributed by atoms with Gasteiger partial charge in [-0.05, 0) is 17.7 Å². The Kier molecular flexibility index (Phi) is 6.68. The summed E-state index contributed by atoms with van der Waals surface area (Å²) in [4.78, 5) is 27.4. The third kappa shape index (κ3) is 5.52. The molecule has 0 bridgehead atoms. The van der Waals surface area contributed by atoms with Gasteiger partial charge in [0.05, 0.1) is 17.5 Å². The molecular formula is C17H19ClFN3O4. The third-order valence-electron chi connectivity index (χ3n) is 3.63. The minimum absolute atomic E-state index is 0.0337. The molecular weight excluding hydrogens is 365 g/mol. The Balaban J connectivity index is 2.01. The van der Waals surface area contributed by atoms with E-state index in [-0.39, 0.29) is 30.2 Å². The first kappa shape index (κ1) is 19.8. The van der Waals surface area contributed by atoms with E-state index in [1.807, 2.05) is 13.8 Å². The zero-order chi connectivity index (χ0) is 19.3. The number of carboxylic acid groups (broad SMARTS) is 1. The highest BCUT2D eigenvalue weighted by Crippen LogP contribution is 2.23. The van der Waals surface area contributed by atoms with Crippen molar-refractivity contribution in [3.8, 4) is 0 Å². The number of carbonyl (C=O) groups excluding carboxylic acids is 1. The molecule has 9 heteroatoms. The van der Waals surface area contributed by atoms with E-state index in [1.165, 1.54) is 12.1 Å². The number of carbonyl (C=O) groups is 2. The summed E-state index contributed by atoms with van der Waals surface area (Å²) in [5.74, 6) is -1.21. The molecule has 2 aromatic rings. The van der Waals surface area contributed by atoms with Crippen molar-refractivity contribution in [1.82, 2.24) is 15.5 Å². The maximum Gasteiger partial charge on any atom is 0.305 e. The number of nitrogens with zero attached hydrogens (tertiary/aromatic N) is 2. The quantitative estimate of drug-likeness (QED) is 0.724. The lowest BCUT2D eigenvalue weighted by atomic mass is 10.0. The largest absolute Gasteiger partial charge is 0.481 e. The fourth-order valence-electron chi connectivity index (χ4n) is 2.25. The Morgan fingerprint density at radius 2 is 2.12 bits per heavy atom. The zero-order valence-electron chi connectivity index (χ0n) is 14.3. The molecule has 2 N–H and O–H groups in total. The fraction of sp³-hybridized carbons (Fsp3) is 0.412. The minimum Gasteiger partial charge on any atom is -0.481 e. The van der Waals surface area contributed by atoms with E-state index in [4.69, 9.17) is 21.2 Å². The Bertz CT molecular complexity index is 794. The van der Waals surface area contributed by atoms with E-state index in [1.54, 1.807) is 0 Å². The second kappa shape index (κ2) is 8.75. The van der Waals surface area contributed by atoms with Crippen LogP contribution in [0.25, 0.3) is 0 Å². The van der Waals surface area contributed by atoms with Gasteiger partial charge in [-0.1, -0.05) is 36.7 Å². The van der Waals surface area contributed by atoms with Crippen molar-refractivity contribution in [1.29, 1.82) is 0 Å². The third-order valence-corrected chi connectivity index (χ3v) is 3.93. The molecule has 1 atom stereocenters. The first-order chi connectivity index (χ1) is 12.3. The Labute approximate surface area is 154 Å². The van der Waals surface area contributed by atoms with Crippen LogP contribution in [-0.4, -0.2) is 27.1 Å². The number of aryl methyl sites for hydroxylation is 1. The molecule has 0 aliphatic heterocycles.